The van der Waals surface area contributed by atoms with Crippen LogP contribution in [0.3, 0.4) is 0 Å². The van der Waals surface area contributed by atoms with Crippen molar-refractivity contribution >= 4 is 5.97 Å². The lowest BCUT2D eigenvalue weighted by Gasteiger charge is -2.09. The van der Waals surface area contributed by atoms with Gasteiger partial charge in [-0.15, -0.1) is 0 Å². The fourth-order valence-corrected chi connectivity index (χ4v) is 1.03. The number of rotatable bonds is 6. The van der Waals surface area contributed by atoms with Crippen LogP contribution >= 0.6 is 0 Å². The van der Waals surface area contributed by atoms with Crippen LogP contribution < -0.4 is 0 Å². The fourth-order valence-electron chi connectivity index (χ4n) is 1.03. The predicted octanol–water partition coefficient (Wildman–Crippen LogP) is 2.87. The normalized spacial score (nSPS) is 12.4. The SMILES string of the molecule is C=C/C=C\C(=C)CC(C)C(=O)OCC. The van der Waals surface area contributed by atoms with Crippen molar-refractivity contribution in [2.24, 2.45) is 5.92 Å². The lowest BCUT2D eigenvalue weighted by molar-refractivity contribution is -0.147. The van der Waals surface area contributed by atoms with E-state index in [1.807, 2.05) is 13.0 Å². The summed E-state index contributed by atoms with van der Waals surface area (Å²) in [4.78, 5) is 11.2. The Balaban J connectivity index is 3.98. The highest BCUT2D eigenvalue weighted by Gasteiger charge is 2.13. The Bertz CT molecular complexity index is 239. The van der Waals surface area contributed by atoms with Crippen LogP contribution in [0.2, 0.25) is 0 Å². The molecule has 0 bridgehead atoms. The van der Waals surface area contributed by atoms with E-state index in [2.05, 4.69) is 13.2 Å². The van der Waals surface area contributed by atoms with Gasteiger partial charge in [0.05, 0.1) is 12.5 Å². The molecule has 0 aliphatic carbocycles. The summed E-state index contributed by atoms with van der Waals surface area (Å²) in [5, 5.41) is 0. The van der Waals surface area contributed by atoms with E-state index in [4.69, 9.17) is 4.74 Å². The molecule has 0 spiro atoms. The molecule has 0 heterocycles. The van der Waals surface area contributed by atoms with Gasteiger partial charge in [-0.25, -0.2) is 0 Å². The van der Waals surface area contributed by atoms with Crippen LogP contribution in [-0.2, 0) is 9.53 Å². The van der Waals surface area contributed by atoms with Gasteiger partial charge in [0.2, 0.25) is 0 Å². The van der Waals surface area contributed by atoms with E-state index in [1.165, 1.54) is 0 Å². The zero-order chi connectivity index (χ0) is 11.0. The van der Waals surface area contributed by atoms with E-state index in [9.17, 15) is 4.79 Å². The molecule has 0 radical (unpaired) electrons. The van der Waals surface area contributed by atoms with Crippen molar-refractivity contribution < 1.29 is 9.53 Å². The summed E-state index contributed by atoms with van der Waals surface area (Å²) in [5.41, 5.74) is 0.908. The molecule has 0 aromatic heterocycles. The number of carbonyl (C=O) groups excluding carboxylic acids is 1. The van der Waals surface area contributed by atoms with E-state index >= 15 is 0 Å². The van der Waals surface area contributed by atoms with Gasteiger partial charge in [0.1, 0.15) is 0 Å². The molecule has 0 rings (SSSR count). The topological polar surface area (TPSA) is 26.3 Å². The van der Waals surface area contributed by atoms with E-state index in [-0.39, 0.29) is 11.9 Å². The van der Waals surface area contributed by atoms with Crippen molar-refractivity contribution in [1.82, 2.24) is 0 Å². The zero-order valence-electron chi connectivity index (χ0n) is 8.95. The minimum atomic E-state index is -0.166. The summed E-state index contributed by atoms with van der Waals surface area (Å²) in [6, 6.07) is 0. The number of hydrogen-bond donors (Lipinski definition) is 0. The summed E-state index contributed by atoms with van der Waals surface area (Å²) >= 11 is 0. The van der Waals surface area contributed by atoms with Crippen molar-refractivity contribution in [3.05, 3.63) is 37.0 Å². The van der Waals surface area contributed by atoms with Gasteiger partial charge in [-0.2, -0.15) is 0 Å². The van der Waals surface area contributed by atoms with Gasteiger partial charge in [0, 0.05) is 0 Å². The van der Waals surface area contributed by atoms with Crippen LogP contribution in [0.25, 0.3) is 0 Å². The van der Waals surface area contributed by atoms with Crippen LogP contribution in [0, 0.1) is 5.92 Å². The van der Waals surface area contributed by atoms with Gasteiger partial charge in [-0.1, -0.05) is 43.9 Å². The van der Waals surface area contributed by atoms with Crippen molar-refractivity contribution in [3.8, 4) is 0 Å². The van der Waals surface area contributed by atoms with Crippen LogP contribution in [0.5, 0.6) is 0 Å². The molecule has 0 saturated carbocycles. The van der Waals surface area contributed by atoms with E-state index < -0.39 is 0 Å². The number of allylic oxidation sites excluding steroid dienone is 4. The Hall–Kier alpha value is -1.31. The molecule has 0 N–H and O–H groups in total. The second kappa shape index (κ2) is 7.13. The number of esters is 1. The quantitative estimate of drug-likeness (QED) is 0.480. The molecular weight excluding hydrogens is 176 g/mol. The van der Waals surface area contributed by atoms with Gasteiger partial charge in [0.25, 0.3) is 0 Å². The molecule has 2 nitrogen and oxygen atoms in total. The average Bonchev–Trinajstić information content (AvgIpc) is 2.15. The van der Waals surface area contributed by atoms with E-state index in [1.54, 1.807) is 19.1 Å². The number of ether oxygens (including phenoxy) is 1. The highest BCUT2D eigenvalue weighted by atomic mass is 16.5. The minimum absolute atomic E-state index is 0.128. The number of carbonyl (C=O) groups is 1. The van der Waals surface area contributed by atoms with Gasteiger partial charge in [-0.05, 0) is 13.3 Å². The maximum Gasteiger partial charge on any atom is 0.308 e. The first-order chi connectivity index (χ1) is 6.61. The second-order valence-corrected chi connectivity index (χ2v) is 3.11. The summed E-state index contributed by atoms with van der Waals surface area (Å²) in [6.07, 6.45) is 5.96. The fraction of sp³-hybridized carbons (Fsp3) is 0.417. The molecule has 0 saturated heterocycles. The Labute approximate surface area is 86.0 Å². The Kier molecular flexibility index (Phi) is 6.46. The summed E-state index contributed by atoms with van der Waals surface area (Å²) in [7, 11) is 0. The maximum atomic E-state index is 11.2. The molecule has 0 aliphatic rings. The third kappa shape index (κ3) is 5.36. The highest BCUT2D eigenvalue weighted by molar-refractivity contribution is 5.72. The standard InChI is InChI=1S/C12H18O2/c1-5-7-8-10(3)9-11(4)12(13)14-6-2/h5,7-8,11H,1,3,6,9H2,2,4H3/b8-7-. The molecule has 1 unspecified atom stereocenters. The molecule has 0 aromatic rings. The third-order valence-electron chi connectivity index (χ3n) is 1.73. The third-order valence-corrected chi connectivity index (χ3v) is 1.73. The van der Waals surface area contributed by atoms with Crippen molar-refractivity contribution in [2.45, 2.75) is 20.3 Å². The van der Waals surface area contributed by atoms with Crippen LogP contribution in [0.1, 0.15) is 20.3 Å². The molecule has 2 heteroatoms. The van der Waals surface area contributed by atoms with Crippen LogP contribution in [0.4, 0.5) is 0 Å². The van der Waals surface area contributed by atoms with Crippen molar-refractivity contribution in [3.63, 3.8) is 0 Å². The lowest BCUT2D eigenvalue weighted by atomic mass is 10.0. The Morgan fingerprint density at radius 2 is 2.21 bits per heavy atom. The Morgan fingerprint density at radius 3 is 2.71 bits per heavy atom. The first-order valence-electron chi connectivity index (χ1n) is 4.75. The summed E-state index contributed by atoms with van der Waals surface area (Å²) in [5.74, 6) is -0.294. The second-order valence-electron chi connectivity index (χ2n) is 3.11. The maximum absolute atomic E-state index is 11.2. The van der Waals surface area contributed by atoms with Crippen molar-refractivity contribution in [2.75, 3.05) is 6.61 Å². The van der Waals surface area contributed by atoms with Gasteiger partial charge >= 0.3 is 5.97 Å². The first-order valence-corrected chi connectivity index (χ1v) is 4.75. The predicted molar refractivity (Wildman–Crippen MR) is 58.9 cm³/mol. The first kappa shape index (κ1) is 12.7. The van der Waals surface area contributed by atoms with Gasteiger partial charge in [0.15, 0.2) is 0 Å². The van der Waals surface area contributed by atoms with E-state index in [0.717, 1.165) is 5.57 Å². The summed E-state index contributed by atoms with van der Waals surface area (Å²) in [6.45, 7) is 11.5. The molecule has 0 aromatic carbocycles. The molecule has 14 heavy (non-hydrogen) atoms. The Morgan fingerprint density at radius 1 is 1.57 bits per heavy atom. The molecule has 0 fully saturated rings. The van der Waals surface area contributed by atoms with Crippen LogP contribution in [-0.4, -0.2) is 12.6 Å². The molecule has 1 atom stereocenters. The largest absolute Gasteiger partial charge is 0.466 e. The van der Waals surface area contributed by atoms with Crippen LogP contribution in [0.15, 0.2) is 37.0 Å². The van der Waals surface area contributed by atoms with E-state index in [0.29, 0.717) is 13.0 Å². The van der Waals surface area contributed by atoms with Crippen molar-refractivity contribution in [1.29, 1.82) is 0 Å². The minimum Gasteiger partial charge on any atom is -0.466 e. The van der Waals surface area contributed by atoms with Gasteiger partial charge in [-0.3, -0.25) is 4.79 Å². The zero-order valence-corrected chi connectivity index (χ0v) is 8.95. The lowest BCUT2D eigenvalue weighted by Crippen LogP contribution is -2.14. The smallest absolute Gasteiger partial charge is 0.308 e. The summed E-state index contributed by atoms with van der Waals surface area (Å²) < 4.78 is 4.88. The average molecular weight is 194 g/mol. The molecule has 0 aliphatic heterocycles. The monoisotopic (exact) mass is 194 g/mol. The molecule has 78 valence electrons. The molecule has 0 amide bonds. The molecular formula is C12H18O2. The highest BCUT2D eigenvalue weighted by Crippen LogP contribution is 2.12. The number of hydrogen-bond acceptors (Lipinski definition) is 2. The van der Waals surface area contributed by atoms with Gasteiger partial charge < -0.3 is 4.74 Å².